The molecule has 3 rings (SSSR count). The van der Waals surface area contributed by atoms with Crippen LogP contribution in [0.3, 0.4) is 0 Å². The highest BCUT2D eigenvalue weighted by atomic mass is 32.2. The number of carbonyl (C=O) groups excluding carboxylic acids is 1. The summed E-state index contributed by atoms with van der Waals surface area (Å²) in [5, 5.41) is 9.52. The van der Waals surface area contributed by atoms with E-state index in [9.17, 15) is 18.4 Å². The fraction of sp³-hybridized carbons (Fsp3) is 0.478. The molecule has 1 aliphatic rings. The van der Waals surface area contributed by atoms with E-state index in [0.717, 1.165) is 12.8 Å². The van der Waals surface area contributed by atoms with Gasteiger partial charge in [0.05, 0.1) is 18.1 Å². The van der Waals surface area contributed by atoms with Gasteiger partial charge in [0.1, 0.15) is 11.8 Å². The Morgan fingerprint density at radius 3 is 2.45 bits per heavy atom. The molecule has 1 aliphatic carbocycles. The molecule has 33 heavy (non-hydrogen) atoms. The predicted octanol–water partition coefficient (Wildman–Crippen LogP) is 2.75. The van der Waals surface area contributed by atoms with E-state index in [-0.39, 0.29) is 23.5 Å². The summed E-state index contributed by atoms with van der Waals surface area (Å²) in [4.78, 5) is 17.0. The molecule has 1 fully saturated rings. The average Bonchev–Trinajstić information content (AvgIpc) is 2.85. The summed E-state index contributed by atoms with van der Waals surface area (Å²) in [6.07, 6.45) is 5.90. The first-order valence-corrected chi connectivity index (χ1v) is 12.4. The van der Waals surface area contributed by atoms with Crippen LogP contribution in [-0.2, 0) is 26.1 Å². The maximum atomic E-state index is 13.8. The van der Waals surface area contributed by atoms with Gasteiger partial charge in [0.15, 0.2) is 0 Å². The van der Waals surface area contributed by atoms with Gasteiger partial charge in [-0.05, 0) is 74.4 Å². The average molecular weight is 478 g/mol. The minimum atomic E-state index is -4.10. The minimum Gasteiger partial charge on any atom is -0.497 e. The maximum Gasteiger partial charge on any atom is 0.262 e. The van der Waals surface area contributed by atoms with Crippen molar-refractivity contribution in [1.82, 2.24) is 14.8 Å². The molecule has 0 unspecified atom stereocenters. The molecule has 2 aromatic rings. The van der Waals surface area contributed by atoms with E-state index >= 15 is 0 Å². The molecule has 1 saturated carbocycles. The Kier molecular flexibility index (Phi) is 8.79. The molecule has 0 spiro atoms. The number of benzene rings is 1. The second kappa shape index (κ2) is 11.6. The summed E-state index contributed by atoms with van der Waals surface area (Å²) >= 11 is 0. The molecule has 0 radical (unpaired) electrons. The summed E-state index contributed by atoms with van der Waals surface area (Å²) in [6.45, 7) is 2.48. The van der Waals surface area contributed by atoms with E-state index in [1.54, 1.807) is 42.1 Å². The normalized spacial score (nSPS) is 19.8. The van der Waals surface area contributed by atoms with Crippen molar-refractivity contribution in [2.45, 2.75) is 56.2 Å². The number of ether oxygens (including phenoxy) is 2. The largest absolute Gasteiger partial charge is 0.497 e. The lowest BCUT2D eigenvalue weighted by atomic mass is 9.82. The summed E-state index contributed by atoms with van der Waals surface area (Å²) in [6, 6.07) is 8.39. The number of nitrogens with zero attached hydrogens (tertiary/aromatic N) is 2. The standard InChI is InChI=1S/C23H31N3O6S/c1-3-32-20-8-6-18(7-9-20)22(23(27)25-28)26(16-17-5-4-14-24-15-17)33(29,30)21-12-10-19(31-2)11-13-21/h4-5,10-15,18,20,22,28H,3,6-9,16H2,1-2H3,(H,25,27)/t18?,20?,22-/m1/s1. The number of pyridine rings is 1. The Morgan fingerprint density at radius 1 is 1.21 bits per heavy atom. The summed E-state index contributed by atoms with van der Waals surface area (Å²) in [5.74, 6) is -0.513. The third-order valence-corrected chi connectivity index (χ3v) is 7.83. The lowest BCUT2D eigenvalue weighted by Gasteiger charge is -2.38. The molecule has 1 aromatic heterocycles. The van der Waals surface area contributed by atoms with Crippen molar-refractivity contribution in [3.8, 4) is 5.75 Å². The van der Waals surface area contributed by atoms with Gasteiger partial charge >= 0.3 is 0 Å². The smallest absolute Gasteiger partial charge is 0.262 e. The number of amides is 1. The van der Waals surface area contributed by atoms with Crippen LogP contribution in [0.5, 0.6) is 5.75 Å². The summed E-state index contributed by atoms with van der Waals surface area (Å²) in [7, 11) is -2.61. The van der Waals surface area contributed by atoms with Crippen LogP contribution in [0, 0.1) is 5.92 Å². The first-order chi connectivity index (χ1) is 15.9. The van der Waals surface area contributed by atoms with E-state index < -0.39 is 22.0 Å². The number of aromatic nitrogens is 1. The van der Waals surface area contributed by atoms with E-state index in [1.807, 2.05) is 6.92 Å². The van der Waals surface area contributed by atoms with Gasteiger partial charge in [-0.25, -0.2) is 13.9 Å². The van der Waals surface area contributed by atoms with Crippen LogP contribution < -0.4 is 10.2 Å². The molecule has 9 nitrogen and oxygen atoms in total. The van der Waals surface area contributed by atoms with Crippen molar-refractivity contribution in [3.63, 3.8) is 0 Å². The van der Waals surface area contributed by atoms with Crippen molar-refractivity contribution in [1.29, 1.82) is 0 Å². The highest BCUT2D eigenvalue weighted by Crippen LogP contribution is 2.34. The second-order valence-corrected chi connectivity index (χ2v) is 9.89. The molecule has 0 bridgehead atoms. The van der Waals surface area contributed by atoms with Crippen molar-refractivity contribution in [3.05, 3.63) is 54.4 Å². The van der Waals surface area contributed by atoms with E-state index in [0.29, 0.717) is 30.8 Å². The highest BCUT2D eigenvalue weighted by molar-refractivity contribution is 7.89. The van der Waals surface area contributed by atoms with Gasteiger partial charge in [0, 0.05) is 25.5 Å². The molecular weight excluding hydrogens is 446 g/mol. The van der Waals surface area contributed by atoms with Crippen LogP contribution in [-0.4, -0.2) is 54.7 Å². The first kappa shape index (κ1) is 25.1. The van der Waals surface area contributed by atoms with Gasteiger partial charge in [0.25, 0.3) is 5.91 Å². The molecule has 0 saturated heterocycles. The van der Waals surface area contributed by atoms with Crippen LogP contribution in [0.25, 0.3) is 0 Å². The quantitative estimate of drug-likeness (QED) is 0.399. The monoisotopic (exact) mass is 477 g/mol. The van der Waals surface area contributed by atoms with E-state index in [1.165, 1.54) is 23.5 Å². The number of hydrogen-bond donors (Lipinski definition) is 2. The number of methoxy groups -OCH3 is 1. The molecule has 10 heteroatoms. The molecule has 1 amide bonds. The third kappa shape index (κ3) is 6.08. The number of sulfonamides is 1. The van der Waals surface area contributed by atoms with Crippen LogP contribution >= 0.6 is 0 Å². The predicted molar refractivity (Wildman–Crippen MR) is 121 cm³/mol. The van der Waals surface area contributed by atoms with E-state index in [4.69, 9.17) is 9.47 Å². The zero-order valence-corrected chi connectivity index (χ0v) is 19.7. The van der Waals surface area contributed by atoms with Gasteiger partial charge in [-0.3, -0.25) is 15.0 Å². The molecule has 2 N–H and O–H groups in total. The molecule has 180 valence electrons. The van der Waals surface area contributed by atoms with Gasteiger partial charge in [-0.1, -0.05) is 6.07 Å². The summed E-state index contributed by atoms with van der Waals surface area (Å²) in [5.41, 5.74) is 2.33. The number of carbonyl (C=O) groups is 1. The van der Waals surface area contributed by atoms with Crippen LogP contribution in [0.4, 0.5) is 0 Å². The topological polar surface area (TPSA) is 118 Å². The molecule has 1 heterocycles. The second-order valence-electron chi connectivity index (χ2n) is 8.00. The number of hydrogen-bond acceptors (Lipinski definition) is 7. The van der Waals surface area contributed by atoms with Crippen LogP contribution in [0.1, 0.15) is 38.2 Å². The fourth-order valence-electron chi connectivity index (χ4n) is 4.34. The molecule has 1 atom stereocenters. The van der Waals surface area contributed by atoms with Crippen molar-refractivity contribution >= 4 is 15.9 Å². The fourth-order valence-corrected chi connectivity index (χ4v) is 5.98. The van der Waals surface area contributed by atoms with Gasteiger partial charge in [-0.15, -0.1) is 0 Å². The Bertz CT molecular complexity index is 993. The van der Waals surface area contributed by atoms with E-state index in [2.05, 4.69) is 4.98 Å². The number of rotatable bonds is 10. The first-order valence-electron chi connectivity index (χ1n) is 11.0. The van der Waals surface area contributed by atoms with Gasteiger partial charge < -0.3 is 9.47 Å². The number of hydroxylamine groups is 1. The third-order valence-electron chi connectivity index (χ3n) is 5.98. The summed E-state index contributed by atoms with van der Waals surface area (Å²) < 4.78 is 39.6. The molecular formula is C23H31N3O6S. The lowest BCUT2D eigenvalue weighted by molar-refractivity contribution is -0.136. The Balaban J connectivity index is 2.00. The zero-order valence-electron chi connectivity index (χ0n) is 18.9. The van der Waals surface area contributed by atoms with Crippen molar-refractivity contribution in [2.75, 3.05) is 13.7 Å². The Hall–Kier alpha value is -2.53. The highest BCUT2D eigenvalue weighted by Gasteiger charge is 2.42. The Morgan fingerprint density at radius 2 is 1.91 bits per heavy atom. The van der Waals surface area contributed by atoms with Crippen LogP contribution in [0.15, 0.2) is 53.7 Å². The van der Waals surface area contributed by atoms with Crippen molar-refractivity contribution in [2.24, 2.45) is 5.92 Å². The molecule has 0 aliphatic heterocycles. The lowest BCUT2D eigenvalue weighted by Crippen LogP contribution is -2.53. The van der Waals surface area contributed by atoms with Gasteiger partial charge in [0.2, 0.25) is 10.0 Å². The minimum absolute atomic E-state index is 0.0333. The maximum absolute atomic E-state index is 13.8. The SMILES string of the molecule is CCOC1CCC([C@H](C(=O)NO)N(Cc2cccnc2)S(=O)(=O)c2ccc(OC)cc2)CC1. The van der Waals surface area contributed by atoms with Crippen LogP contribution in [0.2, 0.25) is 0 Å². The number of nitrogens with one attached hydrogen (secondary N) is 1. The molecule has 1 aromatic carbocycles. The zero-order chi connectivity index (χ0) is 23.8. The Labute approximate surface area is 194 Å². The van der Waals surface area contributed by atoms with Gasteiger partial charge in [-0.2, -0.15) is 4.31 Å². The van der Waals surface area contributed by atoms with Crippen molar-refractivity contribution < 1.29 is 27.9 Å².